The summed E-state index contributed by atoms with van der Waals surface area (Å²) in [6, 6.07) is 0. The van der Waals surface area contributed by atoms with E-state index >= 15 is 0 Å². The number of alkyl halides is 6. The van der Waals surface area contributed by atoms with Gasteiger partial charge in [0.25, 0.3) is 10.0 Å². The fourth-order valence-corrected chi connectivity index (χ4v) is 4.51. The first kappa shape index (κ1) is 31.5. The van der Waals surface area contributed by atoms with Crippen LogP contribution in [0.25, 0.3) is 0 Å². The molecular weight excluding hydrogens is 456 g/mol. The average Bonchev–Trinajstić information content (AvgIpc) is 2.69. The first-order valence-corrected chi connectivity index (χ1v) is 13.4. The minimum Gasteiger partial charge on any atom is -0.210 e. The summed E-state index contributed by atoms with van der Waals surface area (Å²) in [5.41, 5.74) is 0. The predicted octanol–water partition coefficient (Wildman–Crippen LogP) is 8.05. The lowest BCUT2D eigenvalue weighted by Gasteiger charge is -2.30. The molecule has 0 radical (unpaired) electrons. The molecule has 0 heterocycles. The molecule has 0 aliphatic heterocycles. The number of hydrogen-bond acceptors (Lipinski definition) is 2. The molecule has 0 fully saturated rings. The second kappa shape index (κ2) is 15.4. The second-order valence-corrected chi connectivity index (χ2v) is 10.5. The van der Waals surface area contributed by atoms with Crippen LogP contribution in [0.5, 0.6) is 0 Å². The van der Waals surface area contributed by atoms with Crippen LogP contribution in [0.4, 0.5) is 26.3 Å². The molecule has 0 aliphatic carbocycles. The molecule has 0 saturated carbocycles. The van der Waals surface area contributed by atoms with Gasteiger partial charge in [-0.1, -0.05) is 103 Å². The van der Waals surface area contributed by atoms with Gasteiger partial charge in [-0.15, -0.1) is 0 Å². The van der Waals surface area contributed by atoms with Gasteiger partial charge in [0.1, 0.15) is 0 Å². The van der Waals surface area contributed by atoms with Crippen molar-refractivity contribution < 1.29 is 34.8 Å². The van der Waals surface area contributed by atoms with Gasteiger partial charge < -0.3 is 0 Å². The Morgan fingerprint density at radius 1 is 0.594 bits per heavy atom. The van der Waals surface area contributed by atoms with E-state index in [1.165, 1.54) is 68.9 Å². The summed E-state index contributed by atoms with van der Waals surface area (Å²) in [4.78, 5) is 0. The lowest BCUT2D eigenvalue weighted by atomic mass is 10.0. The van der Waals surface area contributed by atoms with E-state index < -0.39 is 40.6 Å². The Balaban J connectivity index is 3.76. The van der Waals surface area contributed by atoms with Crippen molar-refractivity contribution in [2.75, 3.05) is 6.54 Å². The molecule has 0 amide bonds. The summed E-state index contributed by atoms with van der Waals surface area (Å²) in [6.07, 6.45) is 17.3. The topological polar surface area (TPSA) is 46.2 Å². The lowest BCUT2D eigenvalue weighted by Crippen LogP contribution is -2.59. The molecule has 3 nitrogen and oxygen atoms in total. The smallest absolute Gasteiger partial charge is 0.210 e. The lowest BCUT2D eigenvalue weighted by molar-refractivity contribution is -0.271. The maximum atomic E-state index is 13.5. The zero-order chi connectivity index (χ0) is 24.7. The fourth-order valence-electron chi connectivity index (χ4n) is 3.39. The zero-order valence-corrected chi connectivity index (χ0v) is 20.3. The Labute approximate surface area is 190 Å². The Morgan fingerprint density at radius 2 is 0.906 bits per heavy atom. The number of halogens is 6. The number of sulfonamides is 1. The van der Waals surface area contributed by atoms with E-state index in [1.54, 1.807) is 0 Å². The van der Waals surface area contributed by atoms with E-state index in [0.29, 0.717) is 6.42 Å². The van der Waals surface area contributed by atoms with E-state index in [4.69, 9.17) is 0 Å². The Morgan fingerprint density at radius 3 is 1.22 bits per heavy atom. The highest BCUT2D eigenvalue weighted by atomic mass is 32.2. The highest BCUT2D eigenvalue weighted by Crippen LogP contribution is 2.47. The van der Waals surface area contributed by atoms with Crippen LogP contribution in [0.1, 0.15) is 117 Å². The minimum absolute atomic E-state index is 0.168. The van der Waals surface area contributed by atoms with E-state index in [9.17, 15) is 34.8 Å². The van der Waals surface area contributed by atoms with Gasteiger partial charge in [0.15, 0.2) is 0 Å². The van der Waals surface area contributed by atoms with Crippen molar-refractivity contribution in [1.29, 1.82) is 0 Å². The third kappa shape index (κ3) is 11.1. The molecule has 0 aromatic rings. The highest BCUT2D eigenvalue weighted by Gasteiger charge is 2.75. The summed E-state index contributed by atoms with van der Waals surface area (Å²) in [5.74, 6) is -11.2. The van der Waals surface area contributed by atoms with Crippen LogP contribution in [0.15, 0.2) is 0 Å². The number of nitrogens with one attached hydrogen (secondary N) is 1. The molecule has 0 spiro atoms. The maximum Gasteiger partial charge on any atom is 0.426 e. The number of hydrogen-bond donors (Lipinski definition) is 1. The maximum absolute atomic E-state index is 13.5. The van der Waals surface area contributed by atoms with Crippen LogP contribution < -0.4 is 4.72 Å². The van der Waals surface area contributed by atoms with Gasteiger partial charge in [-0.3, -0.25) is 0 Å². The second-order valence-electron chi connectivity index (χ2n) is 8.68. The molecule has 10 heteroatoms. The van der Waals surface area contributed by atoms with E-state index in [2.05, 4.69) is 6.92 Å². The Kier molecular flexibility index (Phi) is 15.2. The Bertz CT molecular complexity index is 579. The minimum atomic E-state index is -6.01. The summed E-state index contributed by atoms with van der Waals surface area (Å²) in [5, 5.41) is -5.91. The van der Waals surface area contributed by atoms with Crippen LogP contribution in [-0.4, -0.2) is 32.1 Å². The van der Waals surface area contributed by atoms with Crippen molar-refractivity contribution in [2.45, 2.75) is 134 Å². The summed E-state index contributed by atoms with van der Waals surface area (Å²) in [7, 11) is -5.93. The van der Waals surface area contributed by atoms with Crippen LogP contribution in [0, 0.1) is 0 Å². The standard InChI is InChI=1S/C22H41F6NO2S/c1-3-4-5-6-7-8-9-10-11-12-13-14-15-16-17-18-19-29-32(30,31)22(27,28)21(25,26)20(2,23)24/h29H,3-19H2,1-2H3. The molecule has 0 aliphatic rings. The third-order valence-electron chi connectivity index (χ3n) is 5.58. The van der Waals surface area contributed by atoms with E-state index in [-0.39, 0.29) is 6.42 Å². The normalized spacial score (nSPS) is 13.6. The molecule has 0 bridgehead atoms. The van der Waals surface area contributed by atoms with Crippen molar-refractivity contribution in [3.05, 3.63) is 0 Å². The molecule has 0 saturated heterocycles. The SMILES string of the molecule is CCCCCCCCCCCCCCCCCCNS(=O)(=O)C(F)(F)C(F)(F)C(C)(F)F. The summed E-state index contributed by atoms with van der Waals surface area (Å²) in [6.45, 7) is 1.27. The molecule has 0 aromatic carbocycles. The molecule has 1 N–H and O–H groups in total. The fraction of sp³-hybridized carbons (Fsp3) is 1.00. The molecule has 0 rings (SSSR count). The molecule has 32 heavy (non-hydrogen) atoms. The van der Waals surface area contributed by atoms with Crippen LogP contribution in [0.3, 0.4) is 0 Å². The van der Waals surface area contributed by atoms with Gasteiger partial charge in [-0.05, 0) is 6.42 Å². The third-order valence-corrected chi connectivity index (χ3v) is 7.09. The van der Waals surface area contributed by atoms with Gasteiger partial charge in [-0.25, -0.2) is 13.1 Å². The molecular formula is C22H41F6NO2S. The molecule has 0 unspecified atom stereocenters. The first-order chi connectivity index (χ1) is 14.8. The highest BCUT2D eigenvalue weighted by molar-refractivity contribution is 7.90. The van der Waals surface area contributed by atoms with Crippen molar-refractivity contribution in [3.63, 3.8) is 0 Å². The first-order valence-electron chi connectivity index (χ1n) is 11.9. The van der Waals surface area contributed by atoms with Crippen LogP contribution in [0.2, 0.25) is 0 Å². The van der Waals surface area contributed by atoms with Crippen molar-refractivity contribution in [1.82, 2.24) is 4.72 Å². The quantitative estimate of drug-likeness (QED) is 0.129. The molecule has 0 aromatic heterocycles. The number of rotatable bonds is 21. The van der Waals surface area contributed by atoms with Crippen molar-refractivity contribution in [3.8, 4) is 0 Å². The van der Waals surface area contributed by atoms with E-state index in [1.807, 2.05) is 0 Å². The predicted molar refractivity (Wildman–Crippen MR) is 117 cm³/mol. The molecule has 194 valence electrons. The van der Waals surface area contributed by atoms with Gasteiger partial charge in [0.2, 0.25) is 0 Å². The Hall–Kier alpha value is -0.510. The van der Waals surface area contributed by atoms with E-state index in [0.717, 1.165) is 25.7 Å². The van der Waals surface area contributed by atoms with Gasteiger partial charge in [-0.2, -0.15) is 26.3 Å². The van der Waals surface area contributed by atoms with Crippen molar-refractivity contribution in [2.24, 2.45) is 0 Å². The van der Waals surface area contributed by atoms with Gasteiger partial charge >= 0.3 is 17.1 Å². The van der Waals surface area contributed by atoms with Gasteiger partial charge in [0, 0.05) is 13.5 Å². The summed E-state index contributed by atoms with van der Waals surface area (Å²) < 4.78 is 103. The monoisotopic (exact) mass is 497 g/mol. The summed E-state index contributed by atoms with van der Waals surface area (Å²) >= 11 is 0. The van der Waals surface area contributed by atoms with Crippen LogP contribution in [-0.2, 0) is 10.0 Å². The van der Waals surface area contributed by atoms with Crippen molar-refractivity contribution >= 4 is 10.0 Å². The molecule has 0 atom stereocenters. The van der Waals surface area contributed by atoms with Crippen LogP contribution >= 0.6 is 0 Å². The van der Waals surface area contributed by atoms with Gasteiger partial charge in [0.05, 0.1) is 0 Å². The number of unbranched alkanes of at least 4 members (excludes halogenated alkanes) is 15. The zero-order valence-electron chi connectivity index (χ0n) is 19.5. The average molecular weight is 498 g/mol. The largest absolute Gasteiger partial charge is 0.426 e.